The quantitative estimate of drug-likeness (QED) is 0.782. The Labute approximate surface area is 82.7 Å². The third kappa shape index (κ3) is 1.54. The molecular formula is C11H12N2O. The first kappa shape index (κ1) is 8.97. The second-order valence-electron chi connectivity index (χ2n) is 3.17. The molecule has 0 unspecified atom stereocenters. The molecule has 0 saturated heterocycles. The van der Waals surface area contributed by atoms with Crippen molar-refractivity contribution in [1.82, 2.24) is 9.55 Å². The van der Waals surface area contributed by atoms with Crippen LogP contribution in [0, 0.1) is 0 Å². The minimum atomic E-state index is -0.551. The van der Waals surface area contributed by atoms with Gasteiger partial charge in [-0.05, 0) is 19.1 Å². The summed E-state index contributed by atoms with van der Waals surface area (Å²) in [6.45, 7) is 1.71. The molecule has 2 rings (SSSR count). The zero-order valence-corrected chi connectivity index (χ0v) is 7.96. The maximum atomic E-state index is 9.47. The summed E-state index contributed by atoms with van der Waals surface area (Å²) in [5.41, 5.74) is 1.01. The maximum Gasteiger partial charge on any atom is 0.141 e. The van der Waals surface area contributed by atoms with Crippen molar-refractivity contribution in [2.24, 2.45) is 0 Å². The first-order valence-corrected chi connectivity index (χ1v) is 4.56. The molecule has 3 nitrogen and oxygen atoms in total. The number of hydrogen-bond donors (Lipinski definition) is 1. The molecule has 72 valence electrons. The third-order valence-electron chi connectivity index (χ3n) is 2.08. The molecule has 0 fully saturated rings. The molecular weight excluding hydrogens is 176 g/mol. The van der Waals surface area contributed by atoms with E-state index in [4.69, 9.17) is 0 Å². The van der Waals surface area contributed by atoms with Crippen molar-refractivity contribution in [3.8, 4) is 5.69 Å². The lowest BCUT2D eigenvalue weighted by atomic mass is 10.3. The van der Waals surface area contributed by atoms with Crippen LogP contribution in [-0.4, -0.2) is 14.7 Å². The molecule has 0 bridgehead atoms. The highest BCUT2D eigenvalue weighted by Crippen LogP contribution is 2.15. The fraction of sp³-hybridized carbons (Fsp3) is 0.182. The van der Waals surface area contributed by atoms with Crippen LogP contribution in [0.5, 0.6) is 0 Å². The lowest BCUT2D eigenvalue weighted by Gasteiger charge is -2.08. The average Bonchev–Trinajstić information content (AvgIpc) is 2.67. The van der Waals surface area contributed by atoms with Gasteiger partial charge < -0.3 is 9.67 Å². The van der Waals surface area contributed by atoms with Crippen LogP contribution in [0.15, 0.2) is 42.7 Å². The number of nitrogens with zero attached hydrogens (tertiary/aromatic N) is 2. The molecule has 0 amide bonds. The fourth-order valence-corrected chi connectivity index (χ4v) is 1.43. The summed E-state index contributed by atoms with van der Waals surface area (Å²) in [6.07, 6.45) is 2.98. The van der Waals surface area contributed by atoms with Crippen molar-refractivity contribution in [1.29, 1.82) is 0 Å². The van der Waals surface area contributed by atoms with Gasteiger partial charge >= 0.3 is 0 Å². The summed E-state index contributed by atoms with van der Waals surface area (Å²) in [4.78, 5) is 4.11. The average molecular weight is 188 g/mol. The Morgan fingerprint density at radius 3 is 2.64 bits per heavy atom. The van der Waals surface area contributed by atoms with Gasteiger partial charge in [-0.25, -0.2) is 4.98 Å². The molecule has 0 aliphatic carbocycles. The molecule has 1 heterocycles. The fourth-order valence-electron chi connectivity index (χ4n) is 1.43. The topological polar surface area (TPSA) is 38.1 Å². The number of aromatic nitrogens is 2. The van der Waals surface area contributed by atoms with E-state index >= 15 is 0 Å². The molecule has 0 saturated carbocycles. The highest BCUT2D eigenvalue weighted by Gasteiger charge is 2.08. The Morgan fingerprint density at radius 2 is 2.00 bits per heavy atom. The summed E-state index contributed by atoms with van der Waals surface area (Å²) in [6, 6.07) is 9.84. The summed E-state index contributed by atoms with van der Waals surface area (Å²) in [5, 5.41) is 9.47. The SMILES string of the molecule is C[C@@H](O)c1nccn1-c1ccccc1. The van der Waals surface area contributed by atoms with Gasteiger partial charge in [-0.3, -0.25) is 0 Å². The van der Waals surface area contributed by atoms with E-state index in [9.17, 15) is 5.11 Å². The summed E-state index contributed by atoms with van der Waals surface area (Å²) in [5.74, 6) is 0.663. The minimum absolute atomic E-state index is 0.551. The van der Waals surface area contributed by atoms with Crippen molar-refractivity contribution in [3.63, 3.8) is 0 Å². The van der Waals surface area contributed by atoms with Crippen molar-refractivity contribution in [3.05, 3.63) is 48.5 Å². The lowest BCUT2D eigenvalue weighted by molar-refractivity contribution is 0.187. The van der Waals surface area contributed by atoms with Gasteiger partial charge in [0.25, 0.3) is 0 Å². The van der Waals surface area contributed by atoms with E-state index in [-0.39, 0.29) is 0 Å². The van der Waals surface area contributed by atoms with Crippen LogP contribution >= 0.6 is 0 Å². The molecule has 3 heteroatoms. The number of aliphatic hydroxyl groups is 1. The molecule has 1 aromatic carbocycles. The first-order valence-electron chi connectivity index (χ1n) is 4.56. The van der Waals surface area contributed by atoms with Crippen LogP contribution in [0.3, 0.4) is 0 Å². The third-order valence-corrected chi connectivity index (χ3v) is 2.08. The number of imidazole rings is 1. The number of para-hydroxylation sites is 1. The van der Waals surface area contributed by atoms with Crippen LogP contribution in [0.4, 0.5) is 0 Å². The van der Waals surface area contributed by atoms with Gasteiger partial charge in [0.1, 0.15) is 11.9 Å². The predicted octanol–water partition coefficient (Wildman–Crippen LogP) is 1.93. The predicted molar refractivity (Wildman–Crippen MR) is 54.2 cm³/mol. The number of benzene rings is 1. The van der Waals surface area contributed by atoms with Gasteiger partial charge in [0.15, 0.2) is 0 Å². The minimum Gasteiger partial charge on any atom is -0.385 e. The van der Waals surface area contributed by atoms with Crippen molar-refractivity contribution in [2.75, 3.05) is 0 Å². The van der Waals surface area contributed by atoms with Crippen LogP contribution in [0.25, 0.3) is 5.69 Å². The van der Waals surface area contributed by atoms with E-state index in [0.29, 0.717) is 5.82 Å². The van der Waals surface area contributed by atoms with Crippen molar-refractivity contribution >= 4 is 0 Å². The molecule has 1 atom stereocenters. The number of rotatable bonds is 2. The Balaban J connectivity index is 2.47. The van der Waals surface area contributed by atoms with E-state index in [1.54, 1.807) is 13.1 Å². The Kier molecular flexibility index (Phi) is 2.33. The lowest BCUT2D eigenvalue weighted by Crippen LogP contribution is -2.03. The van der Waals surface area contributed by atoms with E-state index in [0.717, 1.165) is 5.69 Å². The zero-order valence-electron chi connectivity index (χ0n) is 7.96. The summed E-state index contributed by atoms with van der Waals surface area (Å²) < 4.78 is 1.88. The molecule has 1 aromatic heterocycles. The highest BCUT2D eigenvalue weighted by atomic mass is 16.3. The summed E-state index contributed by atoms with van der Waals surface area (Å²) in [7, 11) is 0. The van der Waals surface area contributed by atoms with Gasteiger partial charge in [0.05, 0.1) is 0 Å². The van der Waals surface area contributed by atoms with Gasteiger partial charge in [-0.15, -0.1) is 0 Å². The molecule has 1 N–H and O–H groups in total. The van der Waals surface area contributed by atoms with E-state index in [1.165, 1.54) is 0 Å². The largest absolute Gasteiger partial charge is 0.385 e. The number of aliphatic hydroxyl groups excluding tert-OH is 1. The second kappa shape index (κ2) is 3.64. The van der Waals surface area contributed by atoms with E-state index in [2.05, 4.69) is 4.98 Å². The number of hydrogen-bond acceptors (Lipinski definition) is 2. The van der Waals surface area contributed by atoms with E-state index in [1.807, 2.05) is 41.1 Å². The smallest absolute Gasteiger partial charge is 0.141 e. The summed E-state index contributed by atoms with van der Waals surface area (Å²) >= 11 is 0. The van der Waals surface area contributed by atoms with Crippen LogP contribution in [-0.2, 0) is 0 Å². The highest BCUT2D eigenvalue weighted by molar-refractivity contribution is 5.33. The molecule has 0 spiro atoms. The molecule has 0 radical (unpaired) electrons. The maximum absolute atomic E-state index is 9.47. The molecule has 0 aliphatic rings. The van der Waals surface area contributed by atoms with Crippen molar-refractivity contribution in [2.45, 2.75) is 13.0 Å². The van der Waals surface area contributed by atoms with Crippen molar-refractivity contribution < 1.29 is 5.11 Å². The Bertz CT molecular complexity index is 406. The van der Waals surface area contributed by atoms with Gasteiger partial charge in [-0.1, -0.05) is 18.2 Å². The first-order chi connectivity index (χ1) is 6.79. The Hall–Kier alpha value is -1.61. The van der Waals surface area contributed by atoms with Gasteiger partial charge in [0, 0.05) is 18.1 Å². The molecule has 14 heavy (non-hydrogen) atoms. The molecule has 0 aliphatic heterocycles. The van der Waals surface area contributed by atoms with Crippen LogP contribution in [0.1, 0.15) is 18.9 Å². The van der Waals surface area contributed by atoms with E-state index < -0.39 is 6.10 Å². The standard InChI is InChI=1S/C11H12N2O/c1-9(14)11-12-7-8-13(11)10-5-3-2-4-6-10/h2-9,14H,1H3/t9-/m1/s1. The molecule has 2 aromatic rings. The Morgan fingerprint density at radius 1 is 1.29 bits per heavy atom. The normalized spacial score (nSPS) is 12.7. The zero-order chi connectivity index (χ0) is 9.97. The van der Waals surface area contributed by atoms with Crippen LogP contribution < -0.4 is 0 Å². The van der Waals surface area contributed by atoms with Gasteiger partial charge in [-0.2, -0.15) is 0 Å². The monoisotopic (exact) mass is 188 g/mol. The second-order valence-corrected chi connectivity index (χ2v) is 3.17. The van der Waals surface area contributed by atoms with Gasteiger partial charge in [0.2, 0.25) is 0 Å². The van der Waals surface area contributed by atoms with Crippen LogP contribution in [0.2, 0.25) is 0 Å².